The summed E-state index contributed by atoms with van der Waals surface area (Å²) < 4.78 is 6.96. The van der Waals surface area contributed by atoms with Crippen LogP contribution in [0.25, 0.3) is 11.0 Å². The molecule has 0 aliphatic heterocycles. The molecule has 0 radical (unpaired) electrons. The van der Waals surface area contributed by atoms with E-state index in [9.17, 15) is 0 Å². The van der Waals surface area contributed by atoms with Crippen molar-refractivity contribution in [3.63, 3.8) is 0 Å². The zero-order valence-corrected chi connectivity index (χ0v) is 12.9. The SMILES string of the molecule is CC(NCc1ccccc1)c1cc2cc(Br)ccc2o1. The molecule has 2 aromatic carbocycles. The van der Waals surface area contributed by atoms with Crippen molar-refractivity contribution in [1.29, 1.82) is 0 Å². The molecule has 1 aromatic heterocycles. The van der Waals surface area contributed by atoms with Crippen molar-refractivity contribution in [3.8, 4) is 0 Å². The fourth-order valence-corrected chi connectivity index (χ4v) is 2.59. The van der Waals surface area contributed by atoms with Crippen LogP contribution in [0.1, 0.15) is 24.3 Å². The molecule has 0 bridgehead atoms. The second kappa shape index (κ2) is 5.81. The molecule has 3 aromatic rings. The minimum atomic E-state index is 0.182. The zero-order valence-electron chi connectivity index (χ0n) is 11.3. The van der Waals surface area contributed by atoms with Gasteiger partial charge >= 0.3 is 0 Å². The van der Waals surface area contributed by atoms with Crippen LogP contribution in [0.3, 0.4) is 0 Å². The molecule has 3 rings (SSSR count). The average molecular weight is 330 g/mol. The molecule has 0 saturated heterocycles. The summed E-state index contributed by atoms with van der Waals surface area (Å²) in [6.45, 7) is 2.96. The Labute approximate surface area is 126 Å². The Balaban J connectivity index is 1.73. The van der Waals surface area contributed by atoms with Gasteiger partial charge in [-0.2, -0.15) is 0 Å². The van der Waals surface area contributed by atoms with Crippen molar-refractivity contribution in [2.45, 2.75) is 19.5 Å². The van der Waals surface area contributed by atoms with Crippen LogP contribution in [0.15, 0.2) is 63.5 Å². The summed E-state index contributed by atoms with van der Waals surface area (Å²) in [5.41, 5.74) is 2.20. The van der Waals surface area contributed by atoms with Crippen LogP contribution in [-0.2, 0) is 6.54 Å². The van der Waals surface area contributed by atoms with Gasteiger partial charge in [0.2, 0.25) is 0 Å². The van der Waals surface area contributed by atoms with E-state index in [0.29, 0.717) is 0 Å². The number of nitrogens with one attached hydrogen (secondary N) is 1. The molecular formula is C17H16BrNO. The minimum absolute atomic E-state index is 0.182. The number of halogens is 1. The summed E-state index contributed by atoms with van der Waals surface area (Å²) in [6.07, 6.45) is 0. The summed E-state index contributed by atoms with van der Waals surface area (Å²) in [6, 6.07) is 18.7. The van der Waals surface area contributed by atoms with Crippen molar-refractivity contribution in [3.05, 3.63) is 70.4 Å². The fourth-order valence-electron chi connectivity index (χ4n) is 2.22. The van der Waals surface area contributed by atoms with E-state index in [0.717, 1.165) is 27.7 Å². The van der Waals surface area contributed by atoms with Crippen molar-refractivity contribution < 1.29 is 4.42 Å². The van der Waals surface area contributed by atoms with Crippen molar-refractivity contribution >= 4 is 26.9 Å². The highest BCUT2D eigenvalue weighted by Crippen LogP contribution is 2.26. The van der Waals surface area contributed by atoms with Gasteiger partial charge < -0.3 is 9.73 Å². The maximum atomic E-state index is 5.89. The van der Waals surface area contributed by atoms with Gasteiger partial charge in [-0.3, -0.25) is 0 Å². The van der Waals surface area contributed by atoms with Gasteiger partial charge in [0.1, 0.15) is 11.3 Å². The lowest BCUT2D eigenvalue weighted by Gasteiger charge is -2.11. The van der Waals surface area contributed by atoms with Crippen LogP contribution in [-0.4, -0.2) is 0 Å². The van der Waals surface area contributed by atoms with E-state index in [1.807, 2.05) is 18.2 Å². The minimum Gasteiger partial charge on any atom is -0.459 e. The van der Waals surface area contributed by atoms with E-state index in [2.05, 4.69) is 64.6 Å². The Morgan fingerprint density at radius 1 is 1.10 bits per heavy atom. The predicted octanol–water partition coefficient (Wildman–Crippen LogP) is 5.05. The third-order valence-electron chi connectivity index (χ3n) is 3.38. The highest BCUT2D eigenvalue weighted by Gasteiger charge is 2.11. The van der Waals surface area contributed by atoms with E-state index in [4.69, 9.17) is 4.42 Å². The largest absolute Gasteiger partial charge is 0.459 e. The van der Waals surface area contributed by atoms with E-state index in [-0.39, 0.29) is 6.04 Å². The Kier molecular flexibility index (Phi) is 3.90. The Bertz CT molecular complexity index is 705. The average Bonchev–Trinajstić information content (AvgIpc) is 2.89. The number of rotatable bonds is 4. The van der Waals surface area contributed by atoms with Crippen molar-refractivity contribution in [2.75, 3.05) is 0 Å². The maximum Gasteiger partial charge on any atom is 0.134 e. The lowest BCUT2D eigenvalue weighted by molar-refractivity contribution is 0.451. The van der Waals surface area contributed by atoms with Crippen LogP contribution in [0.2, 0.25) is 0 Å². The molecular weight excluding hydrogens is 314 g/mol. The van der Waals surface area contributed by atoms with E-state index < -0.39 is 0 Å². The van der Waals surface area contributed by atoms with Crippen LogP contribution in [0, 0.1) is 0 Å². The standard InChI is InChI=1S/C17H16BrNO/c1-12(19-11-13-5-3-2-4-6-13)17-10-14-9-15(18)7-8-16(14)20-17/h2-10,12,19H,11H2,1H3. The first-order chi connectivity index (χ1) is 9.72. The van der Waals surface area contributed by atoms with Crippen LogP contribution in [0.5, 0.6) is 0 Å². The first-order valence-electron chi connectivity index (χ1n) is 6.69. The van der Waals surface area contributed by atoms with Crippen LogP contribution in [0.4, 0.5) is 0 Å². The van der Waals surface area contributed by atoms with Gasteiger partial charge in [-0.05, 0) is 36.8 Å². The fraction of sp³-hybridized carbons (Fsp3) is 0.176. The van der Waals surface area contributed by atoms with Crippen LogP contribution < -0.4 is 5.32 Å². The van der Waals surface area contributed by atoms with Gasteiger partial charge in [0, 0.05) is 16.4 Å². The van der Waals surface area contributed by atoms with Gasteiger partial charge in [0.15, 0.2) is 0 Å². The van der Waals surface area contributed by atoms with Crippen molar-refractivity contribution in [1.82, 2.24) is 5.32 Å². The molecule has 0 aliphatic rings. The molecule has 3 heteroatoms. The quantitative estimate of drug-likeness (QED) is 0.724. The number of benzene rings is 2. The monoisotopic (exact) mass is 329 g/mol. The van der Waals surface area contributed by atoms with Gasteiger partial charge in [-0.1, -0.05) is 46.3 Å². The van der Waals surface area contributed by atoms with Gasteiger partial charge in [0.25, 0.3) is 0 Å². The second-order valence-electron chi connectivity index (χ2n) is 4.92. The molecule has 0 saturated carbocycles. The topological polar surface area (TPSA) is 25.2 Å². The molecule has 1 atom stereocenters. The summed E-state index contributed by atoms with van der Waals surface area (Å²) in [4.78, 5) is 0. The molecule has 102 valence electrons. The van der Waals surface area contributed by atoms with Gasteiger partial charge in [-0.15, -0.1) is 0 Å². The lowest BCUT2D eigenvalue weighted by atomic mass is 10.2. The number of hydrogen-bond donors (Lipinski definition) is 1. The highest BCUT2D eigenvalue weighted by molar-refractivity contribution is 9.10. The normalized spacial score (nSPS) is 12.7. The van der Waals surface area contributed by atoms with Gasteiger partial charge in [0.05, 0.1) is 6.04 Å². The smallest absolute Gasteiger partial charge is 0.134 e. The van der Waals surface area contributed by atoms with E-state index in [1.165, 1.54) is 5.56 Å². The third-order valence-corrected chi connectivity index (χ3v) is 3.87. The molecule has 1 unspecified atom stereocenters. The van der Waals surface area contributed by atoms with E-state index >= 15 is 0 Å². The molecule has 1 N–H and O–H groups in total. The molecule has 1 heterocycles. The highest BCUT2D eigenvalue weighted by atomic mass is 79.9. The Hall–Kier alpha value is -1.58. The molecule has 0 aliphatic carbocycles. The van der Waals surface area contributed by atoms with E-state index in [1.54, 1.807) is 0 Å². The molecule has 0 fully saturated rings. The Morgan fingerprint density at radius 3 is 2.70 bits per heavy atom. The molecule has 20 heavy (non-hydrogen) atoms. The maximum absolute atomic E-state index is 5.89. The molecule has 0 amide bonds. The van der Waals surface area contributed by atoms with Crippen LogP contribution >= 0.6 is 15.9 Å². The summed E-state index contributed by atoms with van der Waals surface area (Å²) >= 11 is 3.48. The number of fused-ring (bicyclic) bond motifs is 1. The summed E-state index contributed by atoms with van der Waals surface area (Å²) in [5.74, 6) is 0.967. The zero-order chi connectivity index (χ0) is 13.9. The molecule has 0 spiro atoms. The number of furan rings is 1. The first kappa shape index (κ1) is 13.4. The lowest BCUT2D eigenvalue weighted by Crippen LogP contribution is -2.17. The number of hydrogen-bond acceptors (Lipinski definition) is 2. The van der Waals surface area contributed by atoms with Gasteiger partial charge in [-0.25, -0.2) is 0 Å². The first-order valence-corrected chi connectivity index (χ1v) is 7.48. The predicted molar refractivity (Wildman–Crippen MR) is 85.6 cm³/mol. The third kappa shape index (κ3) is 2.94. The summed E-state index contributed by atoms with van der Waals surface area (Å²) in [5, 5.41) is 4.61. The second-order valence-corrected chi connectivity index (χ2v) is 5.83. The summed E-state index contributed by atoms with van der Waals surface area (Å²) in [7, 11) is 0. The Morgan fingerprint density at radius 2 is 1.90 bits per heavy atom. The molecule has 2 nitrogen and oxygen atoms in total. The van der Waals surface area contributed by atoms with Crippen molar-refractivity contribution in [2.24, 2.45) is 0 Å².